The van der Waals surface area contributed by atoms with Crippen LogP contribution in [0.3, 0.4) is 0 Å². The van der Waals surface area contributed by atoms with E-state index >= 15 is 0 Å². The molecule has 0 spiro atoms. The first-order valence-electron chi connectivity index (χ1n) is 7.03. The van der Waals surface area contributed by atoms with E-state index in [1.165, 1.54) is 0 Å². The van der Waals surface area contributed by atoms with Crippen LogP contribution in [0.1, 0.15) is 19.4 Å². The van der Waals surface area contributed by atoms with Crippen LogP contribution in [0.2, 0.25) is 0 Å². The largest absolute Gasteiger partial charge is 0.497 e. The molecule has 0 aliphatic heterocycles. The first-order valence-corrected chi connectivity index (χ1v) is 7.03. The minimum atomic E-state index is 0.444. The number of methoxy groups -OCH3 is 2. The maximum absolute atomic E-state index is 5.44. The summed E-state index contributed by atoms with van der Waals surface area (Å²) >= 11 is 0. The molecule has 1 N–H and O–H groups in total. The third-order valence-corrected chi connectivity index (χ3v) is 3.23. The summed E-state index contributed by atoms with van der Waals surface area (Å²) in [5, 5.41) is 3.40. The van der Waals surface area contributed by atoms with Crippen molar-refractivity contribution >= 4 is 0 Å². The minimum absolute atomic E-state index is 0.444. The summed E-state index contributed by atoms with van der Waals surface area (Å²) < 4.78 is 10.7. The summed E-state index contributed by atoms with van der Waals surface area (Å²) in [4.78, 5) is 4.33. The molecule has 0 saturated carbocycles. The summed E-state index contributed by atoms with van der Waals surface area (Å²) in [6.07, 6.45) is 3.72. The van der Waals surface area contributed by atoms with E-state index in [1.807, 2.05) is 30.6 Å². The zero-order valence-corrected chi connectivity index (χ0v) is 13.0. The molecular weight excluding hydrogens is 264 g/mol. The quantitative estimate of drug-likeness (QED) is 0.885. The van der Waals surface area contributed by atoms with E-state index in [0.717, 1.165) is 34.7 Å². The molecule has 0 bridgehead atoms. The summed E-state index contributed by atoms with van der Waals surface area (Å²) in [6, 6.07) is 8.34. The molecule has 0 aliphatic carbocycles. The highest BCUT2D eigenvalue weighted by atomic mass is 16.5. The van der Waals surface area contributed by atoms with Gasteiger partial charge in [-0.05, 0) is 29.8 Å². The number of nitrogens with one attached hydrogen (secondary N) is 1. The number of hydrogen-bond acceptors (Lipinski definition) is 4. The van der Waals surface area contributed by atoms with Crippen LogP contribution in [0, 0.1) is 0 Å². The molecule has 2 aromatic rings. The average Bonchev–Trinajstić information content (AvgIpc) is 2.52. The molecule has 1 aromatic carbocycles. The van der Waals surface area contributed by atoms with Crippen molar-refractivity contribution in [3.63, 3.8) is 0 Å². The molecule has 2 rings (SSSR count). The third-order valence-electron chi connectivity index (χ3n) is 3.23. The molecule has 1 aromatic heterocycles. The topological polar surface area (TPSA) is 43.4 Å². The lowest BCUT2D eigenvalue weighted by atomic mass is 10.0. The third kappa shape index (κ3) is 3.95. The number of benzene rings is 1. The molecule has 1 heterocycles. The number of aromatic nitrogens is 1. The number of nitrogens with zero attached hydrogens (tertiary/aromatic N) is 1. The van der Waals surface area contributed by atoms with Gasteiger partial charge in [0.25, 0.3) is 0 Å². The Balaban J connectivity index is 2.34. The van der Waals surface area contributed by atoms with Gasteiger partial charge in [0.05, 0.1) is 14.2 Å². The van der Waals surface area contributed by atoms with Gasteiger partial charge < -0.3 is 14.8 Å². The van der Waals surface area contributed by atoms with E-state index in [1.54, 1.807) is 14.2 Å². The minimum Gasteiger partial charge on any atom is -0.497 e. The number of rotatable bonds is 6. The zero-order chi connectivity index (χ0) is 15.2. The van der Waals surface area contributed by atoms with Crippen molar-refractivity contribution in [2.45, 2.75) is 26.4 Å². The molecule has 4 heteroatoms. The Morgan fingerprint density at radius 1 is 1.10 bits per heavy atom. The highest BCUT2D eigenvalue weighted by molar-refractivity contribution is 5.71. The lowest BCUT2D eigenvalue weighted by Crippen LogP contribution is -2.21. The van der Waals surface area contributed by atoms with Crippen LogP contribution in [0.15, 0.2) is 36.7 Å². The van der Waals surface area contributed by atoms with Gasteiger partial charge in [0.1, 0.15) is 11.5 Å². The van der Waals surface area contributed by atoms with Crippen molar-refractivity contribution in [2.24, 2.45) is 0 Å². The van der Waals surface area contributed by atoms with Crippen molar-refractivity contribution in [1.29, 1.82) is 0 Å². The molecule has 0 atom stereocenters. The summed E-state index contributed by atoms with van der Waals surface area (Å²) in [5.41, 5.74) is 3.15. The summed E-state index contributed by atoms with van der Waals surface area (Å²) in [7, 11) is 3.33. The van der Waals surface area contributed by atoms with E-state index in [4.69, 9.17) is 9.47 Å². The van der Waals surface area contributed by atoms with E-state index < -0.39 is 0 Å². The van der Waals surface area contributed by atoms with Gasteiger partial charge in [-0.2, -0.15) is 0 Å². The molecule has 0 fully saturated rings. The maximum atomic E-state index is 5.44. The number of ether oxygens (including phenoxy) is 2. The average molecular weight is 286 g/mol. The van der Waals surface area contributed by atoms with E-state index in [-0.39, 0.29) is 0 Å². The fraction of sp³-hybridized carbons (Fsp3) is 0.353. The Labute approximate surface area is 126 Å². The molecule has 0 amide bonds. The Morgan fingerprint density at radius 3 is 2.57 bits per heavy atom. The monoisotopic (exact) mass is 286 g/mol. The molecular formula is C17H22N2O2. The fourth-order valence-corrected chi connectivity index (χ4v) is 2.09. The van der Waals surface area contributed by atoms with E-state index in [0.29, 0.717) is 6.04 Å². The van der Waals surface area contributed by atoms with Gasteiger partial charge in [0.2, 0.25) is 0 Å². The molecule has 4 nitrogen and oxygen atoms in total. The zero-order valence-electron chi connectivity index (χ0n) is 13.0. The molecule has 0 aliphatic rings. The smallest absolute Gasteiger partial charge is 0.127 e. The van der Waals surface area contributed by atoms with Gasteiger partial charge in [-0.15, -0.1) is 0 Å². The predicted octanol–water partition coefficient (Wildman–Crippen LogP) is 3.26. The van der Waals surface area contributed by atoms with Gasteiger partial charge in [0, 0.05) is 36.1 Å². The fourth-order valence-electron chi connectivity index (χ4n) is 2.09. The second kappa shape index (κ2) is 7.09. The summed E-state index contributed by atoms with van der Waals surface area (Å²) in [5.74, 6) is 1.61. The molecule has 0 saturated heterocycles. The van der Waals surface area contributed by atoms with Crippen molar-refractivity contribution in [3.8, 4) is 22.6 Å². The van der Waals surface area contributed by atoms with Crippen molar-refractivity contribution in [3.05, 3.63) is 42.2 Å². The maximum Gasteiger partial charge on any atom is 0.127 e. The highest BCUT2D eigenvalue weighted by Gasteiger charge is 2.09. The van der Waals surface area contributed by atoms with Crippen LogP contribution < -0.4 is 14.8 Å². The Kier molecular flexibility index (Phi) is 5.17. The second-order valence-corrected chi connectivity index (χ2v) is 5.18. The molecule has 0 radical (unpaired) electrons. The lowest BCUT2D eigenvalue weighted by Gasteiger charge is -2.12. The predicted molar refractivity (Wildman–Crippen MR) is 84.8 cm³/mol. The Bertz CT molecular complexity index is 597. The van der Waals surface area contributed by atoms with Crippen molar-refractivity contribution in [1.82, 2.24) is 10.3 Å². The van der Waals surface area contributed by atoms with Gasteiger partial charge in [0.15, 0.2) is 0 Å². The van der Waals surface area contributed by atoms with Crippen LogP contribution in [-0.4, -0.2) is 25.2 Å². The molecule has 112 valence electrons. The molecule has 21 heavy (non-hydrogen) atoms. The Morgan fingerprint density at radius 2 is 1.90 bits per heavy atom. The van der Waals surface area contributed by atoms with Crippen LogP contribution in [0.25, 0.3) is 11.1 Å². The highest BCUT2D eigenvalue weighted by Crippen LogP contribution is 2.33. The van der Waals surface area contributed by atoms with Crippen LogP contribution in [0.4, 0.5) is 0 Å². The SMILES string of the molecule is COc1ccc(OC)c(-c2cncc(CNC(C)C)c2)c1. The van der Waals surface area contributed by atoms with Crippen LogP contribution in [-0.2, 0) is 6.54 Å². The number of hydrogen-bond donors (Lipinski definition) is 1. The first-order chi connectivity index (χ1) is 10.1. The molecule has 0 unspecified atom stereocenters. The number of pyridine rings is 1. The van der Waals surface area contributed by atoms with Crippen molar-refractivity contribution in [2.75, 3.05) is 14.2 Å². The van der Waals surface area contributed by atoms with E-state index in [9.17, 15) is 0 Å². The van der Waals surface area contributed by atoms with Gasteiger partial charge >= 0.3 is 0 Å². The standard InChI is InChI=1S/C17H22N2O2/c1-12(2)19-10-13-7-14(11-18-9-13)16-8-15(20-3)5-6-17(16)21-4/h5-9,11-12,19H,10H2,1-4H3. The first kappa shape index (κ1) is 15.3. The second-order valence-electron chi connectivity index (χ2n) is 5.18. The Hall–Kier alpha value is -2.07. The van der Waals surface area contributed by atoms with Crippen LogP contribution in [0.5, 0.6) is 11.5 Å². The normalized spacial score (nSPS) is 10.7. The van der Waals surface area contributed by atoms with E-state index in [2.05, 4.69) is 30.2 Å². The van der Waals surface area contributed by atoms with Gasteiger partial charge in [-0.25, -0.2) is 0 Å². The lowest BCUT2D eigenvalue weighted by molar-refractivity contribution is 0.404. The van der Waals surface area contributed by atoms with Gasteiger partial charge in [-0.1, -0.05) is 13.8 Å². The van der Waals surface area contributed by atoms with Crippen LogP contribution >= 0.6 is 0 Å². The summed E-state index contributed by atoms with van der Waals surface area (Å²) in [6.45, 7) is 5.05. The van der Waals surface area contributed by atoms with Gasteiger partial charge in [-0.3, -0.25) is 4.98 Å². The van der Waals surface area contributed by atoms with Crippen molar-refractivity contribution < 1.29 is 9.47 Å².